The van der Waals surface area contributed by atoms with E-state index >= 15 is 0 Å². The Morgan fingerprint density at radius 1 is 1.14 bits per heavy atom. The molecule has 0 N–H and O–H groups in total. The van der Waals surface area contributed by atoms with E-state index in [0.717, 1.165) is 18.4 Å². The van der Waals surface area contributed by atoms with Gasteiger partial charge in [-0.25, -0.2) is 4.79 Å². The van der Waals surface area contributed by atoms with Crippen molar-refractivity contribution >= 4 is 11.9 Å². The highest BCUT2D eigenvalue weighted by atomic mass is 16.6. The molecule has 1 atom stereocenters. The number of hydrogen-bond acceptors (Lipinski definition) is 5. The van der Waals surface area contributed by atoms with E-state index in [0.29, 0.717) is 13.0 Å². The van der Waals surface area contributed by atoms with Gasteiger partial charge in [0.2, 0.25) is 0 Å². The third kappa shape index (κ3) is 3.82. The lowest BCUT2D eigenvalue weighted by Gasteiger charge is -2.20. The first-order chi connectivity index (χ1) is 10.1. The molecule has 0 aliphatic heterocycles. The average Bonchev–Trinajstić information content (AvgIpc) is 3.31. The van der Waals surface area contributed by atoms with Gasteiger partial charge in [0, 0.05) is 6.42 Å². The van der Waals surface area contributed by atoms with Crippen molar-refractivity contribution in [2.45, 2.75) is 32.0 Å². The smallest absolute Gasteiger partial charge is 0.335 e. The van der Waals surface area contributed by atoms with Crippen molar-refractivity contribution in [2.24, 2.45) is 5.41 Å². The summed E-state index contributed by atoms with van der Waals surface area (Å²) in [6.45, 7) is 0.303. The molecule has 5 nitrogen and oxygen atoms in total. The summed E-state index contributed by atoms with van der Waals surface area (Å²) in [6.07, 6.45) is 1.000. The highest BCUT2D eigenvalue weighted by Crippen LogP contribution is 2.51. The van der Waals surface area contributed by atoms with Gasteiger partial charge >= 0.3 is 11.9 Å². The average molecular weight is 292 g/mol. The molecular formula is C16H20O5. The van der Waals surface area contributed by atoms with Gasteiger partial charge in [-0.3, -0.25) is 4.79 Å². The molecule has 0 amide bonds. The monoisotopic (exact) mass is 292 g/mol. The Hall–Kier alpha value is -1.88. The van der Waals surface area contributed by atoms with Crippen LogP contribution in [-0.2, 0) is 30.4 Å². The molecule has 1 aromatic carbocycles. The Kier molecular flexibility index (Phi) is 4.96. The van der Waals surface area contributed by atoms with Gasteiger partial charge in [0.1, 0.15) is 0 Å². The lowest BCUT2D eigenvalue weighted by Crippen LogP contribution is -2.32. The van der Waals surface area contributed by atoms with Crippen LogP contribution in [0.1, 0.15) is 24.8 Å². The van der Waals surface area contributed by atoms with Gasteiger partial charge in [-0.05, 0) is 18.4 Å². The summed E-state index contributed by atoms with van der Waals surface area (Å²) in [5.41, 5.74) is 0.388. The van der Waals surface area contributed by atoms with E-state index in [1.54, 1.807) is 0 Å². The molecule has 1 aliphatic carbocycles. The number of carbonyl (C=O) groups excluding carboxylic acids is 2. The van der Waals surface area contributed by atoms with Crippen molar-refractivity contribution in [1.82, 2.24) is 0 Å². The summed E-state index contributed by atoms with van der Waals surface area (Å²) < 4.78 is 15.2. The Labute approximate surface area is 124 Å². The number of rotatable bonds is 7. The zero-order valence-corrected chi connectivity index (χ0v) is 12.3. The highest BCUT2D eigenvalue weighted by molar-refractivity contribution is 5.82. The second-order valence-corrected chi connectivity index (χ2v) is 5.28. The molecule has 1 fully saturated rings. The largest absolute Gasteiger partial charge is 0.469 e. The molecule has 1 aliphatic rings. The number of benzene rings is 1. The van der Waals surface area contributed by atoms with Gasteiger partial charge in [-0.15, -0.1) is 0 Å². The minimum Gasteiger partial charge on any atom is -0.469 e. The zero-order valence-electron chi connectivity index (χ0n) is 12.3. The van der Waals surface area contributed by atoms with Crippen molar-refractivity contribution in [3.63, 3.8) is 0 Å². The van der Waals surface area contributed by atoms with E-state index in [-0.39, 0.29) is 5.97 Å². The molecule has 5 heteroatoms. The van der Waals surface area contributed by atoms with Crippen LogP contribution in [0.25, 0.3) is 0 Å². The first-order valence-corrected chi connectivity index (χ1v) is 6.93. The van der Waals surface area contributed by atoms with E-state index in [9.17, 15) is 9.59 Å². The quantitative estimate of drug-likeness (QED) is 0.720. The maximum atomic E-state index is 11.9. The van der Waals surface area contributed by atoms with Gasteiger partial charge in [0.25, 0.3) is 0 Å². The zero-order chi connectivity index (χ0) is 15.3. The molecule has 0 heterocycles. The van der Waals surface area contributed by atoms with Crippen LogP contribution in [0.5, 0.6) is 0 Å². The maximum Gasteiger partial charge on any atom is 0.335 e. The Morgan fingerprint density at radius 2 is 1.81 bits per heavy atom. The van der Waals surface area contributed by atoms with Gasteiger partial charge < -0.3 is 14.2 Å². The van der Waals surface area contributed by atoms with Crippen molar-refractivity contribution in [3.8, 4) is 0 Å². The molecule has 0 aromatic heterocycles. The molecule has 1 aromatic rings. The van der Waals surface area contributed by atoms with Gasteiger partial charge in [0.05, 0.1) is 26.2 Å². The minimum absolute atomic E-state index is 0.278. The van der Waals surface area contributed by atoms with Crippen molar-refractivity contribution in [1.29, 1.82) is 0 Å². The first kappa shape index (κ1) is 15.5. The number of carbonyl (C=O) groups is 2. The third-order valence-electron chi connectivity index (χ3n) is 3.81. The summed E-state index contributed by atoms with van der Waals surface area (Å²) in [4.78, 5) is 23.6. The number of esters is 2. The summed E-state index contributed by atoms with van der Waals surface area (Å²) in [7, 11) is 2.68. The van der Waals surface area contributed by atoms with Gasteiger partial charge in [0.15, 0.2) is 6.10 Å². The van der Waals surface area contributed by atoms with E-state index < -0.39 is 17.5 Å². The predicted molar refractivity (Wildman–Crippen MR) is 75.3 cm³/mol. The van der Waals surface area contributed by atoms with E-state index in [1.165, 1.54) is 14.2 Å². The van der Waals surface area contributed by atoms with Crippen LogP contribution < -0.4 is 0 Å². The Balaban J connectivity index is 1.99. The summed E-state index contributed by atoms with van der Waals surface area (Å²) >= 11 is 0. The van der Waals surface area contributed by atoms with Crippen LogP contribution in [0.4, 0.5) is 0 Å². The maximum absolute atomic E-state index is 11.9. The normalized spacial score (nSPS) is 16.9. The van der Waals surface area contributed by atoms with E-state index in [1.807, 2.05) is 30.3 Å². The number of methoxy groups -OCH3 is 2. The second kappa shape index (κ2) is 6.72. The molecule has 0 saturated heterocycles. The third-order valence-corrected chi connectivity index (χ3v) is 3.81. The second-order valence-electron chi connectivity index (χ2n) is 5.28. The van der Waals surface area contributed by atoms with Crippen molar-refractivity contribution < 1.29 is 23.8 Å². The van der Waals surface area contributed by atoms with Crippen molar-refractivity contribution in [2.75, 3.05) is 14.2 Å². The number of hydrogen-bond donors (Lipinski definition) is 0. The van der Waals surface area contributed by atoms with E-state index in [4.69, 9.17) is 14.2 Å². The summed E-state index contributed by atoms with van der Waals surface area (Å²) in [6, 6.07) is 9.56. The Morgan fingerprint density at radius 3 is 2.33 bits per heavy atom. The molecule has 21 heavy (non-hydrogen) atoms. The lowest BCUT2D eigenvalue weighted by molar-refractivity contribution is -0.159. The molecule has 0 spiro atoms. The molecular weight excluding hydrogens is 272 g/mol. The topological polar surface area (TPSA) is 61.8 Å². The lowest BCUT2D eigenvalue weighted by atomic mass is 9.98. The van der Waals surface area contributed by atoms with Crippen LogP contribution in [0.15, 0.2) is 30.3 Å². The van der Waals surface area contributed by atoms with Crippen LogP contribution in [0.3, 0.4) is 0 Å². The molecule has 1 saturated carbocycles. The molecule has 2 rings (SSSR count). The fraction of sp³-hybridized carbons (Fsp3) is 0.500. The van der Waals surface area contributed by atoms with Gasteiger partial charge in [-0.1, -0.05) is 30.3 Å². The van der Waals surface area contributed by atoms with Gasteiger partial charge in [-0.2, -0.15) is 0 Å². The summed E-state index contributed by atoms with van der Waals surface area (Å²) in [5.74, 6) is -0.735. The van der Waals surface area contributed by atoms with Crippen LogP contribution in [-0.4, -0.2) is 32.3 Å². The fourth-order valence-electron chi connectivity index (χ4n) is 2.33. The van der Waals surface area contributed by atoms with Crippen molar-refractivity contribution in [3.05, 3.63) is 35.9 Å². The molecule has 0 unspecified atom stereocenters. The Bertz CT molecular complexity index is 493. The predicted octanol–water partition coefficient (Wildman–Crippen LogP) is 2.09. The first-order valence-electron chi connectivity index (χ1n) is 6.93. The highest BCUT2D eigenvalue weighted by Gasteiger charge is 2.53. The standard InChI is InChI=1S/C16H20O5/c1-19-14(17)13(10-16(8-9-16)15(18)20-2)21-11-12-6-4-3-5-7-12/h3-7,13H,8-11H2,1-2H3/t13-/m1/s1. The SMILES string of the molecule is COC(=O)[C@@H](CC1(C(=O)OC)CC1)OCc1ccccc1. The minimum atomic E-state index is -0.753. The van der Waals surface area contributed by atoms with Crippen LogP contribution >= 0.6 is 0 Å². The van der Waals surface area contributed by atoms with Crippen LogP contribution in [0, 0.1) is 5.41 Å². The summed E-state index contributed by atoms with van der Waals surface area (Å²) in [5, 5.41) is 0. The molecule has 114 valence electrons. The van der Waals surface area contributed by atoms with Crippen LogP contribution in [0.2, 0.25) is 0 Å². The molecule has 0 radical (unpaired) electrons. The fourth-order valence-corrected chi connectivity index (χ4v) is 2.33. The van der Waals surface area contributed by atoms with E-state index in [2.05, 4.69) is 0 Å². The molecule has 0 bridgehead atoms. The number of ether oxygens (including phenoxy) is 3.